The predicted octanol–water partition coefficient (Wildman–Crippen LogP) is 3.51. The van der Waals surface area contributed by atoms with E-state index in [-0.39, 0.29) is 11.4 Å². The number of hydrogen-bond donors (Lipinski definition) is 1. The third-order valence-electron chi connectivity index (χ3n) is 2.24. The summed E-state index contributed by atoms with van der Waals surface area (Å²) < 4.78 is 73.7. The number of rotatable bonds is 1. The number of aromatic nitrogens is 3. The molecule has 0 fully saturated rings. The van der Waals surface area contributed by atoms with Crippen LogP contribution in [0, 0.1) is 0 Å². The van der Waals surface area contributed by atoms with Gasteiger partial charge in [0.2, 0.25) is 0 Å². The first-order valence-electron chi connectivity index (χ1n) is 4.84. The zero-order valence-electron chi connectivity index (χ0n) is 8.97. The molecule has 0 radical (unpaired) electrons. The first-order chi connectivity index (χ1) is 8.68. The van der Waals surface area contributed by atoms with Crippen LogP contribution in [0.3, 0.4) is 0 Å². The van der Waals surface area contributed by atoms with Crippen molar-refractivity contribution in [1.82, 2.24) is 15.2 Å². The molecule has 0 amide bonds. The molecule has 0 saturated heterocycles. The Labute approximate surface area is 102 Å². The predicted molar refractivity (Wildman–Crippen MR) is 51.8 cm³/mol. The Morgan fingerprint density at radius 1 is 0.895 bits per heavy atom. The van der Waals surface area contributed by atoms with Crippen molar-refractivity contribution >= 4 is 0 Å². The van der Waals surface area contributed by atoms with Crippen molar-refractivity contribution in [2.45, 2.75) is 12.4 Å². The quantitative estimate of drug-likeness (QED) is 0.813. The molecule has 2 aromatic rings. The van der Waals surface area contributed by atoms with Gasteiger partial charge in [-0.15, -0.1) is 0 Å². The summed E-state index contributed by atoms with van der Waals surface area (Å²) in [6.45, 7) is 0. The number of aromatic amines is 1. The summed E-state index contributed by atoms with van der Waals surface area (Å²) in [5.41, 5.74) is -2.34. The van der Waals surface area contributed by atoms with Crippen LogP contribution in [0.5, 0.6) is 0 Å². The Kier molecular flexibility index (Phi) is 2.99. The van der Waals surface area contributed by atoms with E-state index in [1.807, 2.05) is 0 Å². The Morgan fingerprint density at radius 2 is 1.58 bits per heavy atom. The van der Waals surface area contributed by atoms with Gasteiger partial charge in [0.15, 0.2) is 0 Å². The van der Waals surface area contributed by atoms with Gasteiger partial charge in [-0.2, -0.15) is 31.4 Å². The highest BCUT2D eigenvalue weighted by Gasteiger charge is 2.34. The molecule has 2 aromatic heterocycles. The van der Waals surface area contributed by atoms with Crippen LogP contribution in [0.25, 0.3) is 11.4 Å². The zero-order valence-corrected chi connectivity index (χ0v) is 8.97. The third kappa shape index (κ3) is 2.85. The largest absolute Gasteiger partial charge is 0.432 e. The van der Waals surface area contributed by atoms with Crippen molar-refractivity contribution in [3.8, 4) is 11.4 Å². The normalized spacial score (nSPS) is 12.7. The molecule has 0 aromatic carbocycles. The molecular formula is C10H5F6N3. The van der Waals surface area contributed by atoms with Gasteiger partial charge in [0.25, 0.3) is 0 Å². The number of hydrogen-bond acceptors (Lipinski definition) is 2. The number of nitrogens with zero attached hydrogens (tertiary/aromatic N) is 2. The van der Waals surface area contributed by atoms with Crippen LogP contribution in [0.2, 0.25) is 0 Å². The van der Waals surface area contributed by atoms with Crippen LogP contribution in [-0.2, 0) is 12.4 Å². The molecule has 19 heavy (non-hydrogen) atoms. The molecule has 102 valence electrons. The second kappa shape index (κ2) is 4.25. The fraction of sp³-hybridized carbons (Fsp3) is 0.200. The van der Waals surface area contributed by atoms with Crippen molar-refractivity contribution in [2.75, 3.05) is 0 Å². The smallest absolute Gasteiger partial charge is 0.273 e. The fourth-order valence-electron chi connectivity index (χ4n) is 1.31. The van der Waals surface area contributed by atoms with Crippen LogP contribution in [0.4, 0.5) is 26.3 Å². The summed E-state index contributed by atoms with van der Waals surface area (Å²) >= 11 is 0. The van der Waals surface area contributed by atoms with Crippen molar-refractivity contribution in [2.24, 2.45) is 0 Å². The minimum atomic E-state index is -4.60. The maximum atomic E-state index is 12.3. The van der Waals surface area contributed by atoms with Gasteiger partial charge in [-0.3, -0.25) is 10.1 Å². The third-order valence-corrected chi connectivity index (χ3v) is 2.24. The molecule has 2 rings (SSSR count). The lowest BCUT2D eigenvalue weighted by Crippen LogP contribution is -2.05. The standard InChI is InChI=1S/C10H5F6N3/c11-9(12,13)5-1-2-6(17-4-5)7-3-8(19-18-7)10(14,15)16/h1-4H,(H,18,19). The van der Waals surface area contributed by atoms with Gasteiger partial charge in [-0.25, -0.2) is 0 Å². The lowest BCUT2D eigenvalue weighted by Gasteiger charge is -2.05. The first kappa shape index (κ1) is 13.4. The molecule has 0 aliphatic heterocycles. The van der Waals surface area contributed by atoms with E-state index in [0.717, 1.165) is 12.1 Å². The van der Waals surface area contributed by atoms with E-state index >= 15 is 0 Å². The minimum Gasteiger partial charge on any atom is -0.273 e. The monoisotopic (exact) mass is 281 g/mol. The molecular weight excluding hydrogens is 276 g/mol. The van der Waals surface area contributed by atoms with Crippen LogP contribution in [-0.4, -0.2) is 15.2 Å². The zero-order chi connectivity index (χ0) is 14.3. The molecule has 0 spiro atoms. The molecule has 0 atom stereocenters. The van der Waals surface area contributed by atoms with Crippen molar-refractivity contribution in [1.29, 1.82) is 0 Å². The van der Waals surface area contributed by atoms with Gasteiger partial charge < -0.3 is 0 Å². The molecule has 0 saturated carbocycles. The van der Waals surface area contributed by atoms with Gasteiger partial charge in [0, 0.05) is 6.20 Å². The van der Waals surface area contributed by atoms with Crippen molar-refractivity contribution in [3.63, 3.8) is 0 Å². The number of nitrogens with one attached hydrogen (secondary N) is 1. The summed E-state index contributed by atoms with van der Waals surface area (Å²) in [5.74, 6) is 0. The number of H-pyrrole nitrogens is 1. The van der Waals surface area contributed by atoms with Gasteiger partial charge in [0.05, 0.1) is 11.3 Å². The van der Waals surface area contributed by atoms with Gasteiger partial charge in [-0.05, 0) is 18.2 Å². The highest BCUT2D eigenvalue weighted by atomic mass is 19.4. The fourth-order valence-corrected chi connectivity index (χ4v) is 1.31. The summed E-state index contributed by atoms with van der Waals surface area (Å²) in [6, 6.07) is 2.36. The van der Waals surface area contributed by atoms with Gasteiger partial charge >= 0.3 is 12.4 Å². The minimum absolute atomic E-state index is 0.0836. The first-order valence-corrected chi connectivity index (χ1v) is 4.84. The van der Waals surface area contributed by atoms with E-state index in [4.69, 9.17) is 0 Å². The lowest BCUT2D eigenvalue weighted by molar-refractivity contribution is -0.141. The highest BCUT2D eigenvalue weighted by Crippen LogP contribution is 2.31. The molecule has 0 aliphatic rings. The van der Waals surface area contributed by atoms with Gasteiger partial charge in [-0.1, -0.05) is 0 Å². The number of alkyl halides is 6. The highest BCUT2D eigenvalue weighted by molar-refractivity contribution is 5.54. The molecule has 2 heterocycles. The number of halogens is 6. The second-order valence-corrected chi connectivity index (χ2v) is 3.59. The molecule has 3 nitrogen and oxygen atoms in total. The molecule has 0 unspecified atom stereocenters. The molecule has 0 bridgehead atoms. The summed E-state index contributed by atoms with van der Waals surface area (Å²) in [6.07, 6.45) is -8.61. The Balaban J connectivity index is 2.31. The average molecular weight is 281 g/mol. The van der Waals surface area contributed by atoms with E-state index in [2.05, 4.69) is 10.1 Å². The van der Waals surface area contributed by atoms with E-state index in [0.29, 0.717) is 12.3 Å². The summed E-state index contributed by atoms with van der Waals surface area (Å²) in [4.78, 5) is 3.44. The summed E-state index contributed by atoms with van der Waals surface area (Å²) in [5, 5.41) is 5.11. The lowest BCUT2D eigenvalue weighted by atomic mass is 10.2. The maximum absolute atomic E-state index is 12.3. The summed E-state index contributed by atoms with van der Waals surface area (Å²) in [7, 11) is 0. The van der Waals surface area contributed by atoms with Crippen molar-refractivity contribution in [3.05, 3.63) is 35.7 Å². The Morgan fingerprint density at radius 3 is 2.00 bits per heavy atom. The van der Waals surface area contributed by atoms with Crippen molar-refractivity contribution < 1.29 is 26.3 Å². The Hall–Kier alpha value is -2.06. The van der Waals surface area contributed by atoms with E-state index in [9.17, 15) is 26.3 Å². The van der Waals surface area contributed by atoms with Crippen LogP contribution in [0.1, 0.15) is 11.3 Å². The molecule has 9 heteroatoms. The number of pyridine rings is 1. The van der Waals surface area contributed by atoms with E-state index in [1.54, 1.807) is 5.10 Å². The van der Waals surface area contributed by atoms with Crippen LogP contribution < -0.4 is 0 Å². The van der Waals surface area contributed by atoms with E-state index in [1.165, 1.54) is 0 Å². The van der Waals surface area contributed by atoms with Crippen LogP contribution in [0.15, 0.2) is 24.4 Å². The maximum Gasteiger partial charge on any atom is 0.432 e. The SMILES string of the molecule is FC(F)(F)c1ccc(-c2cc(C(F)(F)F)[nH]n2)nc1. The second-order valence-electron chi connectivity index (χ2n) is 3.59. The van der Waals surface area contributed by atoms with Crippen LogP contribution >= 0.6 is 0 Å². The topological polar surface area (TPSA) is 41.6 Å². The average Bonchev–Trinajstić information content (AvgIpc) is 2.77. The molecule has 1 N–H and O–H groups in total. The Bertz CT molecular complexity index is 566. The van der Waals surface area contributed by atoms with E-state index < -0.39 is 23.6 Å². The molecule has 0 aliphatic carbocycles. The van der Waals surface area contributed by atoms with Gasteiger partial charge in [0.1, 0.15) is 11.4 Å².